The molecule has 0 N–H and O–H groups in total. The quantitative estimate of drug-likeness (QED) is 0.814. The summed E-state index contributed by atoms with van der Waals surface area (Å²) in [5, 5.41) is 0. The van der Waals surface area contributed by atoms with Gasteiger partial charge in [-0.2, -0.15) is 0 Å². The first-order valence-electron chi connectivity index (χ1n) is 6.75. The topological polar surface area (TPSA) is 6.48 Å². The Morgan fingerprint density at radius 3 is 2.39 bits per heavy atom. The number of rotatable bonds is 3. The average molecular weight is 250 g/mol. The lowest BCUT2D eigenvalue weighted by molar-refractivity contribution is 0.147. The van der Waals surface area contributed by atoms with Gasteiger partial charge in [-0.05, 0) is 24.6 Å². The molecule has 100 valence electrons. The minimum atomic E-state index is -0.0554. The summed E-state index contributed by atoms with van der Waals surface area (Å²) < 4.78 is 14.0. The van der Waals surface area contributed by atoms with Gasteiger partial charge in [0.2, 0.25) is 0 Å². The van der Waals surface area contributed by atoms with Crippen molar-refractivity contribution >= 4 is 0 Å². The minimum absolute atomic E-state index is 0.0554. The zero-order chi connectivity index (χ0) is 13.1. The first-order valence-corrected chi connectivity index (χ1v) is 6.75. The van der Waals surface area contributed by atoms with Crippen LogP contribution in [0.25, 0.3) is 0 Å². The van der Waals surface area contributed by atoms with Crippen LogP contribution in [0.1, 0.15) is 30.9 Å². The van der Waals surface area contributed by atoms with Gasteiger partial charge in [-0.1, -0.05) is 26.0 Å². The van der Waals surface area contributed by atoms with E-state index in [9.17, 15) is 4.39 Å². The maximum atomic E-state index is 14.0. The van der Waals surface area contributed by atoms with E-state index in [1.165, 1.54) is 0 Å². The maximum absolute atomic E-state index is 14.0. The molecule has 0 unspecified atom stereocenters. The van der Waals surface area contributed by atoms with Gasteiger partial charge in [0.1, 0.15) is 5.82 Å². The van der Waals surface area contributed by atoms with E-state index in [0.29, 0.717) is 5.92 Å². The van der Waals surface area contributed by atoms with Crippen molar-refractivity contribution < 1.29 is 4.39 Å². The van der Waals surface area contributed by atoms with Crippen LogP contribution in [-0.2, 0) is 6.54 Å². The van der Waals surface area contributed by atoms with E-state index in [-0.39, 0.29) is 5.82 Å². The number of halogens is 1. The summed E-state index contributed by atoms with van der Waals surface area (Å²) in [5.41, 5.74) is 1.90. The Kier molecular flexibility index (Phi) is 4.36. The van der Waals surface area contributed by atoms with Crippen molar-refractivity contribution in [2.75, 3.05) is 33.2 Å². The lowest BCUT2D eigenvalue weighted by Crippen LogP contribution is -2.44. The molecule has 1 aromatic rings. The molecule has 1 aliphatic rings. The fourth-order valence-corrected chi connectivity index (χ4v) is 2.30. The van der Waals surface area contributed by atoms with Crippen molar-refractivity contribution in [2.45, 2.75) is 26.3 Å². The number of likely N-dealkylation sites (N-methyl/N-ethyl adjacent to an activating group) is 1. The molecule has 0 amide bonds. The molecule has 2 rings (SSSR count). The van der Waals surface area contributed by atoms with Crippen molar-refractivity contribution in [1.29, 1.82) is 0 Å². The molecule has 0 aromatic heterocycles. The largest absolute Gasteiger partial charge is 0.304 e. The Morgan fingerprint density at radius 2 is 1.83 bits per heavy atom. The molecule has 0 bridgehead atoms. The standard InChI is InChI=1S/C15H23FN2/c1-12(2)13-4-5-14(15(16)10-13)11-18-8-6-17(3)7-9-18/h4-5,10,12H,6-9,11H2,1-3H3. The van der Waals surface area contributed by atoms with Crippen LogP contribution in [-0.4, -0.2) is 43.0 Å². The molecule has 0 atom stereocenters. The van der Waals surface area contributed by atoms with Gasteiger partial charge in [0.05, 0.1) is 0 Å². The van der Waals surface area contributed by atoms with Crippen molar-refractivity contribution in [1.82, 2.24) is 9.80 Å². The fraction of sp³-hybridized carbons (Fsp3) is 0.600. The summed E-state index contributed by atoms with van der Waals surface area (Å²) in [4.78, 5) is 4.64. The first kappa shape index (κ1) is 13.5. The van der Waals surface area contributed by atoms with Crippen LogP contribution in [0.2, 0.25) is 0 Å². The molecule has 1 saturated heterocycles. The van der Waals surface area contributed by atoms with Gasteiger partial charge >= 0.3 is 0 Å². The second-order valence-corrected chi connectivity index (χ2v) is 5.58. The van der Waals surface area contributed by atoms with Crippen molar-refractivity contribution in [3.63, 3.8) is 0 Å². The van der Waals surface area contributed by atoms with Crippen LogP contribution < -0.4 is 0 Å². The summed E-state index contributed by atoms with van der Waals surface area (Å²) >= 11 is 0. The molecule has 1 aliphatic heterocycles. The minimum Gasteiger partial charge on any atom is -0.304 e. The zero-order valence-corrected chi connectivity index (χ0v) is 11.6. The Hall–Kier alpha value is -0.930. The van der Waals surface area contributed by atoms with Crippen molar-refractivity contribution in [3.8, 4) is 0 Å². The summed E-state index contributed by atoms with van der Waals surface area (Å²) in [5.74, 6) is 0.331. The second kappa shape index (κ2) is 5.81. The number of hydrogen-bond acceptors (Lipinski definition) is 2. The van der Waals surface area contributed by atoms with Crippen LogP contribution in [0.4, 0.5) is 4.39 Å². The van der Waals surface area contributed by atoms with Crippen molar-refractivity contribution in [2.24, 2.45) is 0 Å². The number of benzene rings is 1. The smallest absolute Gasteiger partial charge is 0.127 e. The monoisotopic (exact) mass is 250 g/mol. The number of hydrogen-bond donors (Lipinski definition) is 0. The number of piperazine rings is 1. The molecular weight excluding hydrogens is 227 g/mol. The molecule has 3 heteroatoms. The summed E-state index contributed by atoms with van der Waals surface area (Å²) in [6.45, 7) is 9.13. The second-order valence-electron chi connectivity index (χ2n) is 5.58. The van der Waals surface area contributed by atoms with Crippen LogP contribution >= 0.6 is 0 Å². The summed E-state index contributed by atoms with van der Waals surface area (Å²) in [6, 6.07) is 5.69. The zero-order valence-electron chi connectivity index (χ0n) is 11.6. The van der Waals surface area contributed by atoms with Gasteiger partial charge in [0.25, 0.3) is 0 Å². The Labute approximate surface area is 109 Å². The fourth-order valence-electron chi connectivity index (χ4n) is 2.30. The van der Waals surface area contributed by atoms with Crippen LogP contribution in [0.5, 0.6) is 0 Å². The van der Waals surface area contributed by atoms with E-state index < -0.39 is 0 Å². The molecule has 1 fully saturated rings. The van der Waals surface area contributed by atoms with Gasteiger partial charge < -0.3 is 4.90 Å². The molecule has 0 spiro atoms. The van der Waals surface area contributed by atoms with E-state index in [0.717, 1.165) is 43.9 Å². The summed E-state index contributed by atoms with van der Waals surface area (Å²) in [7, 11) is 2.13. The Bertz CT molecular complexity index is 395. The maximum Gasteiger partial charge on any atom is 0.127 e. The van der Waals surface area contributed by atoms with E-state index in [2.05, 4.69) is 36.8 Å². The third-order valence-corrected chi connectivity index (χ3v) is 3.73. The molecule has 0 saturated carbocycles. The molecule has 0 radical (unpaired) electrons. The first-order chi connectivity index (χ1) is 8.56. The van der Waals surface area contributed by atoms with E-state index in [4.69, 9.17) is 0 Å². The predicted molar refractivity (Wildman–Crippen MR) is 73.3 cm³/mol. The van der Waals surface area contributed by atoms with E-state index in [1.807, 2.05) is 6.07 Å². The number of nitrogens with zero attached hydrogens (tertiary/aromatic N) is 2. The van der Waals surface area contributed by atoms with Gasteiger partial charge in [0.15, 0.2) is 0 Å². The molecule has 2 nitrogen and oxygen atoms in total. The third kappa shape index (κ3) is 3.30. The van der Waals surface area contributed by atoms with Crippen LogP contribution in [0.3, 0.4) is 0 Å². The molecule has 1 heterocycles. The average Bonchev–Trinajstić information content (AvgIpc) is 2.34. The van der Waals surface area contributed by atoms with Gasteiger partial charge in [0, 0.05) is 38.3 Å². The lowest BCUT2D eigenvalue weighted by atomic mass is 10.0. The molecule has 1 aromatic carbocycles. The molecule has 18 heavy (non-hydrogen) atoms. The highest BCUT2D eigenvalue weighted by molar-refractivity contribution is 5.26. The SMILES string of the molecule is CC(C)c1ccc(CN2CCN(C)CC2)c(F)c1. The molecular formula is C15H23FN2. The van der Waals surface area contributed by atoms with E-state index >= 15 is 0 Å². The normalized spacial score (nSPS) is 18.5. The molecule has 0 aliphatic carbocycles. The van der Waals surface area contributed by atoms with Crippen LogP contribution in [0.15, 0.2) is 18.2 Å². The van der Waals surface area contributed by atoms with Gasteiger partial charge in [-0.15, -0.1) is 0 Å². The predicted octanol–water partition coefficient (Wildman–Crippen LogP) is 2.70. The Balaban J connectivity index is 2.01. The van der Waals surface area contributed by atoms with Crippen LogP contribution in [0, 0.1) is 5.82 Å². The lowest BCUT2D eigenvalue weighted by Gasteiger charge is -2.32. The Morgan fingerprint density at radius 1 is 1.17 bits per heavy atom. The summed E-state index contributed by atoms with van der Waals surface area (Å²) in [6.07, 6.45) is 0. The van der Waals surface area contributed by atoms with Crippen molar-refractivity contribution in [3.05, 3.63) is 35.1 Å². The highest BCUT2D eigenvalue weighted by atomic mass is 19.1. The highest BCUT2D eigenvalue weighted by Crippen LogP contribution is 2.19. The van der Waals surface area contributed by atoms with Gasteiger partial charge in [-0.25, -0.2) is 4.39 Å². The third-order valence-electron chi connectivity index (χ3n) is 3.73. The van der Waals surface area contributed by atoms with Gasteiger partial charge in [-0.3, -0.25) is 4.90 Å². The highest BCUT2D eigenvalue weighted by Gasteiger charge is 2.15. The van der Waals surface area contributed by atoms with E-state index in [1.54, 1.807) is 6.07 Å².